The van der Waals surface area contributed by atoms with Crippen molar-refractivity contribution in [1.82, 2.24) is 10.2 Å². The molecule has 0 saturated carbocycles. The van der Waals surface area contributed by atoms with Gasteiger partial charge in [-0.05, 0) is 39.8 Å². The van der Waals surface area contributed by atoms with Crippen LogP contribution < -0.4 is 5.32 Å². The van der Waals surface area contributed by atoms with E-state index >= 15 is 0 Å². The van der Waals surface area contributed by atoms with Crippen LogP contribution >= 0.6 is 0 Å². The second kappa shape index (κ2) is 8.12. The summed E-state index contributed by atoms with van der Waals surface area (Å²) in [6.45, 7) is 16.0. The van der Waals surface area contributed by atoms with Crippen molar-refractivity contribution < 1.29 is 0 Å². The number of nitrogens with zero attached hydrogens (tertiary/aromatic N) is 1. The van der Waals surface area contributed by atoms with Crippen LogP contribution in [0.2, 0.25) is 0 Å². The molecule has 0 radical (unpaired) electrons. The van der Waals surface area contributed by atoms with Gasteiger partial charge in [0.25, 0.3) is 0 Å². The third-order valence-electron chi connectivity index (χ3n) is 3.19. The molecule has 0 bridgehead atoms. The Bertz CT molecular complexity index is 143. The number of hydrogen-bond acceptors (Lipinski definition) is 2. The Hall–Kier alpha value is -0.0800. The van der Waals surface area contributed by atoms with Crippen LogP contribution in [0.25, 0.3) is 0 Å². The lowest BCUT2D eigenvalue weighted by Crippen LogP contribution is -2.43. The molecule has 1 N–H and O–H groups in total. The van der Waals surface area contributed by atoms with Crippen LogP contribution in [0, 0.1) is 0 Å². The lowest BCUT2D eigenvalue weighted by molar-refractivity contribution is 0.263. The summed E-state index contributed by atoms with van der Waals surface area (Å²) in [6, 6.07) is 0. The molecule has 0 rings (SSSR count). The van der Waals surface area contributed by atoms with Crippen LogP contribution in [-0.2, 0) is 0 Å². The summed E-state index contributed by atoms with van der Waals surface area (Å²) in [5.74, 6) is 0. The minimum absolute atomic E-state index is 0.296. The number of nitrogens with one attached hydrogen (secondary N) is 1. The van der Waals surface area contributed by atoms with Gasteiger partial charge in [-0.3, -0.25) is 0 Å². The maximum absolute atomic E-state index is 3.61. The molecule has 0 aliphatic heterocycles. The van der Waals surface area contributed by atoms with Crippen molar-refractivity contribution in [1.29, 1.82) is 0 Å². The molecule has 0 aromatic heterocycles. The predicted octanol–water partition coefficient (Wildman–Crippen LogP) is 2.89. The number of unbranched alkanes of at least 4 members (excludes halogenated alkanes) is 1. The normalized spacial score (nSPS) is 12.4. The van der Waals surface area contributed by atoms with Crippen LogP contribution in [0.5, 0.6) is 0 Å². The van der Waals surface area contributed by atoms with E-state index in [9.17, 15) is 0 Å². The first kappa shape index (κ1) is 14.9. The third kappa shape index (κ3) is 7.80. The minimum Gasteiger partial charge on any atom is -0.311 e. The van der Waals surface area contributed by atoms with Crippen LogP contribution in [-0.4, -0.2) is 36.6 Å². The number of hydrogen-bond donors (Lipinski definition) is 1. The third-order valence-corrected chi connectivity index (χ3v) is 3.19. The molecule has 92 valence electrons. The maximum Gasteiger partial charge on any atom is 0.0123 e. The van der Waals surface area contributed by atoms with E-state index in [1.807, 2.05) is 0 Å². The highest BCUT2D eigenvalue weighted by Gasteiger charge is 2.13. The summed E-state index contributed by atoms with van der Waals surface area (Å²) in [5.41, 5.74) is 0.296. The van der Waals surface area contributed by atoms with Crippen molar-refractivity contribution in [2.75, 3.05) is 26.2 Å². The van der Waals surface area contributed by atoms with E-state index in [2.05, 4.69) is 44.8 Å². The van der Waals surface area contributed by atoms with Crippen LogP contribution in [0.15, 0.2) is 0 Å². The average Bonchev–Trinajstić information content (AvgIpc) is 2.23. The molecule has 0 unspecified atom stereocenters. The molecule has 0 fully saturated rings. The van der Waals surface area contributed by atoms with Gasteiger partial charge in [0.15, 0.2) is 0 Å². The molecule has 0 aliphatic rings. The highest BCUT2D eigenvalue weighted by Crippen LogP contribution is 2.06. The topological polar surface area (TPSA) is 15.3 Å². The molecule has 0 aromatic rings. The first-order valence-electron chi connectivity index (χ1n) is 6.53. The van der Waals surface area contributed by atoms with E-state index < -0.39 is 0 Å². The van der Waals surface area contributed by atoms with E-state index in [0.29, 0.717) is 5.54 Å². The molecular formula is C13H30N2. The molecule has 0 amide bonds. The molecule has 0 atom stereocenters. The van der Waals surface area contributed by atoms with Gasteiger partial charge in [-0.15, -0.1) is 0 Å². The van der Waals surface area contributed by atoms with Gasteiger partial charge in [0.2, 0.25) is 0 Å². The predicted molar refractivity (Wildman–Crippen MR) is 69.4 cm³/mol. The van der Waals surface area contributed by atoms with Crippen molar-refractivity contribution in [2.24, 2.45) is 0 Å². The van der Waals surface area contributed by atoms with Crippen molar-refractivity contribution >= 4 is 0 Å². The van der Waals surface area contributed by atoms with E-state index in [-0.39, 0.29) is 0 Å². The first-order valence-corrected chi connectivity index (χ1v) is 6.53. The van der Waals surface area contributed by atoms with E-state index in [0.717, 1.165) is 6.54 Å². The average molecular weight is 214 g/mol. The second-order valence-electron chi connectivity index (χ2n) is 4.95. The Morgan fingerprint density at radius 2 is 1.73 bits per heavy atom. The zero-order valence-corrected chi connectivity index (χ0v) is 11.4. The van der Waals surface area contributed by atoms with E-state index in [1.165, 1.54) is 38.9 Å². The summed E-state index contributed by atoms with van der Waals surface area (Å²) in [6.07, 6.45) is 3.81. The summed E-state index contributed by atoms with van der Waals surface area (Å²) >= 11 is 0. The summed E-state index contributed by atoms with van der Waals surface area (Å²) in [5, 5.41) is 3.61. The quantitative estimate of drug-likeness (QED) is 0.635. The van der Waals surface area contributed by atoms with Gasteiger partial charge >= 0.3 is 0 Å². The number of likely N-dealkylation sites (N-methyl/N-ethyl adjacent to an activating group) is 1. The Balaban J connectivity index is 3.62. The SMILES string of the molecule is CCCCN(CC)CCNC(C)(C)CC. The van der Waals surface area contributed by atoms with Gasteiger partial charge in [-0.2, -0.15) is 0 Å². The van der Waals surface area contributed by atoms with Crippen molar-refractivity contribution in [3.05, 3.63) is 0 Å². The van der Waals surface area contributed by atoms with Crippen molar-refractivity contribution in [3.8, 4) is 0 Å². The first-order chi connectivity index (χ1) is 7.05. The van der Waals surface area contributed by atoms with Gasteiger partial charge in [0, 0.05) is 18.6 Å². The Labute approximate surface area is 96.4 Å². The highest BCUT2D eigenvalue weighted by molar-refractivity contribution is 4.75. The fourth-order valence-electron chi connectivity index (χ4n) is 1.49. The molecule has 0 heterocycles. The van der Waals surface area contributed by atoms with Crippen LogP contribution in [0.3, 0.4) is 0 Å². The molecule has 0 aromatic carbocycles. The molecule has 0 spiro atoms. The lowest BCUT2D eigenvalue weighted by Gasteiger charge is -2.27. The molecule has 2 nitrogen and oxygen atoms in total. The Morgan fingerprint density at radius 3 is 2.20 bits per heavy atom. The van der Waals surface area contributed by atoms with E-state index in [1.54, 1.807) is 0 Å². The monoisotopic (exact) mass is 214 g/mol. The van der Waals surface area contributed by atoms with E-state index in [4.69, 9.17) is 0 Å². The second-order valence-corrected chi connectivity index (χ2v) is 4.95. The zero-order valence-electron chi connectivity index (χ0n) is 11.4. The zero-order chi connectivity index (χ0) is 11.7. The molecular weight excluding hydrogens is 184 g/mol. The van der Waals surface area contributed by atoms with Gasteiger partial charge < -0.3 is 10.2 Å². The van der Waals surface area contributed by atoms with Gasteiger partial charge in [-0.25, -0.2) is 0 Å². The smallest absolute Gasteiger partial charge is 0.0123 e. The molecule has 2 heteroatoms. The molecule has 0 aliphatic carbocycles. The summed E-state index contributed by atoms with van der Waals surface area (Å²) < 4.78 is 0. The lowest BCUT2D eigenvalue weighted by atomic mass is 10.0. The van der Waals surface area contributed by atoms with Crippen molar-refractivity contribution in [2.45, 2.75) is 59.4 Å². The fraction of sp³-hybridized carbons (Fsp3) is 1.00. The standard InChI is InChI=1S/C13H30N2/c1-6-9-11-15(8-3)12-10-14-13(4,5)7-2/h14H,6-12H2,1-5H3. The minimum atomic E-state index is 0.296. The number of rotatable bonds is 9. The van der Waals surface area contributed by atoms with Crippen LogP contribution in [0.1, 0.15) is 53.9 Å². The Kier molecular flexibility index (Phi) is 8.07. The van der Waals surface area contributed by atoms with Gasteiger partial charge in [0.1, 0.15) is 0 Å². The Morgan fingerprint density at radius 1 is 1.07 bits per heavy atom. The highest BCUT2D eigenvalue weighted by atomic mass is 15.1. The van der Waals surface area contributed by atoms with Gasteiger partial charge in [0.05, 0.1) is 0 Å². The maximum atomic E-state index is 3.61. The summed E-state index contributed by atoms with van der Waals surface area (Å²) in [7, 11) is 0. The van der Waals surface area contributed by atoms with Crippen molar-refractivity contribution in [3.63, 3.8) is 0 Å². The summed E-state index contributed by atoms with van der Waals surface area (Å²) in [4.78, 5) is 2.53. The van der Waals surface area contributed by atoms with Crippen LogP contribution in [0.4, 0.5) is 0 Å². The molecule has 15 heavy (non-hydrogen) atoms. The van der Waals surface area contributed by atoms with Gasteiger partial charge in [-0.1, -0.05) is 27.2 Å². The fourth-order valence-corrected chi connectivity index (χ4v) is 1.49. The largest absolute Gasteiger partial charge is 0.311 e. The molecule has 0 saturated heterocycles.